The molecule has 2 aromatic carbocycles. The number of unbranched alkanes of at least 4 members (excludes halogenated alkanes) is 2. The summed E-state index contributed by atoms with van der Waals surface area (Å²) in [6.45, 7) is 17.9. The molecule has 0 bridgehead atoms. The molecule has 0 saturated carbocycles. The van der Waals surface area contributed by atoms with Crippen molar-refractivity contribution in [3.05, 3.63) is 113 Å². The summed E-state index contributed by atoms with van der Waals surface area (Å²) in [4.78, 5) is 14.4. The summed E-state index contributed by atoms with van der Waals surface area (Å²) < 4.78 is 59.4. The van der Waals surface area contributed by atoms with Crippen LogP contribution in [0, 0.1) is 6.92 Å². The molecule has 0 radical (unpaired) electrons. The zero-order chi connectivity index (χ0) is 38.3. The van der Waals surface area contributed by atoms with Gasteiger partial charge in [-0.3, -0.25) is 9.35 Å². The van der Waals surface area contributed by atoms with Crippen molar-refractivity contribution >= 4 is 42.8 Å². The molecule has 4 rings (SSSR count). The number of benzene rings is 2. The molecule has 280 valence electrons. The van der Waals surface area contributed by atoms with Crippen molar-refractivity contribution in [3.8, 4) is 0 Å². The molecule has 10 heteroatoms. The first-order valence-corrected chi connectivity index (χ1v) is 21.3. The largest absolute Gasteiger partial charge is 0.344 e. The number of hydrogen-bond acceptors (Lipinski definition) is 6. The maximum atomic E-state index is 12.3. The summed E-state index contributed by atoms with van der Waals surface area (Å²) in [6.07, 6.45) is 18.6. The summed E-state index contributed by atoms with van der Waals surface area (Å²) in [7, 11) is -7.67. The minimum atomic E-state index is -4.37. The van der Waals surface area contributed by atoms with E-state index in [1.54, 1.807) is 12.1 Å². The molecule has 52 heavy (non-hydrogen) atoms. The van der Waals surface area contributed by atoms with Crippen molar-refractivity contribution in [3.63, 3.8) is 0 Å². The number of carbonyl (C=O) groups is 1. The minimum Gasteiger partial charge on any atom is -0.344 e. The molecule has 0 unspecified atom stereocenters. The number of fused-ring (bicyclic) bond motifs is 2. The predicted molar refractivity (Wildman–Crippen MR) is 213 cm³/mol. The van der Waals surface area contributed by atoms with Crippen molar-refractivity contribution in [2.75, 3.05) is 23.7 Å². The SMILES string of the molecule is C=CS(=O)(=O)CCCC(=O)CCCCCN1/C(=C/C=C/C=C/C=C/C2=[N+](CCC)c3ccc(C)cc3C2(C)C)C(C)(C)c2cc(S(=O)(=O)O)ccc21. The van der Waals surface area contributed by atoms with Crippen LogP contribution in [0.5, 0.6) is 0 Å². The summed E-state index contributed by atoms with van der Waals surface area (Å²) in [5, 5.41) is 0.934. The first kappa shape index (κ1) is 40.9. The molecule has 0 atom stereocenters. The van der Waals surface area contributed by atoms with Gasteiger partial charge in [0.05, 0.1) is 16.1 Å². The van der Waals surface area contributed by atoms with Crippen molar-refractivity contribution in [1.29, 1.82) is 0 Å². The van der Waals surface area contributed by atoms with E-state index < -0.39 is 25.4 Å². The van der Waals surface area contributed by atoms with E-state index in [4.69, 9.17) is 0 Å². The zero-order valence-electron chi connectivity index (χ0n) is 31.6. The number of ketones is 1. The Labute approximate surface area is 311 Å². The van der Waals surface area contributed by atoms with E-state index in [0.29, 0.717) is 25.8 Å². The third kappa shape index (κ3) is 9.57. The lowest BCUT2D eigenvalue weighted by molar-refractivity contribution is -0.437. The van der Waals surface area contributed by atoms with Gasteiger partial charge in [-0.05, 0) is 75.9 Å². The average Bonchev–Trinajstić information content (AvgIpc) is 3.41. The molecule has 2 aromatic rings. The number of allylic oxidation sites excluding steroid dienone is 8. The van der Waals surface area contributed by atoms with E-state index in [1.807, 2.05) is 38.2 Å². The Morgan fingerprint density at radius 1 is 0.865 bits per heavy atom. The van der Waals surface area contributed by atoms with Gasteiger partial charge < -0.3 is 4.90 Å². The second-order valence-corrected chi connectivity index (χ2v) is 18.3. The van der Waals surface area contributed by atoms with Crippen molar-refractivity contribution in [2.24, 2.45) is 0 Å². The van der Waals surface area contributed by atoms with Crippen molar-refractivity contribution in [2.45, 2.75) is 102 Å². The third-order valence-corrected chi connectivity index (χ3v) is 12.3. The molecule has 0 fully saturated rings. The molecule has 8 nitrogen and oxygen atoms in total. The Hall–Kier alpha value is -3.86. The van der Waals surface area contributed by atoms with Crippen LogP contribution in [0.2, 0.25) is 0 Å². The molecule has 0 aromatic heterocycles. The van der Waals surface area contributed by atoms with Gasteiger partial charge in [0.1, 0.15) is 12.3 Å². The topological polar surface area (TPSA) is 112 Å². The van der Waals surface area contributed by atoms with E-state index >= 15 is 0 Å². The van der Waals surface area contributed by atoms with E-state index in [9.17, 15) is 26.2 Å². The highest BCUT2D eigenvalue weighted by molar-refractivity contribution is 7.94. The van der Waals surface area contributed by atoms with Gasteiger partial charge in [0.15, 0.2) is 15.5 Å². The molecule has 1 N–H and O–H groups in total. The highest BCUT2D eigenvalue weighted by Crippen LogP contribution is 2.48. The van der Waals surface area contributed by atoms with Crippen molar-refractivity contribution in [1.82, 2.24) is 0 Å². The smallest absolute Gasteiger partial charge is 0.294 e. The summed E-state index contributed by atoms with van der Waals surface area (Å²) in [6, 6.07) is 11.4. The van der Waals surface area contributed by atoms with Gasteiger partial charge in [-0.2, -0.15) is 13.0 Å². The Balaban J connectivity index is 1.47. The van der Waals surface area contributed by atoms with Crippen LogP contribution >= 0.6 is 0 Å². The molecule has 2 aliphatic rings. The number of aryl methyl sites for hydroxylation is 1. The molecule has 0 saturated heterocycles. The minimum absolute atomic E-state index is 0.0577. The molecule has 0 amide bonds. The summed E-state index contributed by atoms with van der Waals surface area (Å²) >= 11 is 0. The van der Waals surface area contributed by atoms with Crippen LogP contribution < -0.4 is 4.90 Å². The maximum absolute atomic E-state index is 12.3. The molecule has 2 heterocycles. The monoisotopic (exact) mass is 747 g/mol. The maximum Gasteiger partial charge on any atom is 0.294 e. The normalized spacial score (nSPS) is 17.6. The fourth-order valence-electron chi connectivity index (χ4n) is 7.24. The van der Waals surface area contributed by atoms with E-state index in [0.717, 1.165) is 48.2 Å². The van der Waals surface area contributed by atoms with E-state index in [2.05, 4.69) is 80.2 Å². The van der Waals surface area contributed by atoms with Gasteiger partial charge in [0.25, 0.3) is 10.1 Å². The second-order valence-electron chi connectivity index (χ2n) is 14.8. The van der Waals surface area contributed by atoms with Crippen LogP contribution in [-0.4, -0.2) is 56.3 Å². The fourth-order valence-corrected chi connectivity index (χ4v) is 8.46. The summed E-state index contributed by atoms with van der Waals surface area (Å²) in [5.74, 6) is -0.00540. The van der Waals surface area contributed by atoms with Crippen LogP contribution in [0.1, 0.15) is 96.3 Å². The van der Waals surface area contributed by atoms with Crippen LogP contribution in [0.15, 0.2) is 102 Å². The van der Waals surface area contributed by atoms with Crippen molar-refractivity contribution < 1.29 is 30.8 Å². The predicted octanol–water partition coefficient (Wildman–Crippen LogP) is 8.85. The highest BCUT2D eigenvalue weighted by atomic mass is 32.2. The van der Waals surface area contributed by atoms with E-state index in [1.165, 1.54) is 28.6 Å². The lowest BCUT2D eigenvalue weighted by atomic mass is 9.81. The third-order valence-electron chi connectivity index (χ3n) is 10.1. The van der Waals surface area contributed by atoms with Crippen LogP contribution in [0.4, 0.5) is 11.4 Å². The standard InChI is InChI=1S/C42H54N2O6S2/c1-8-27-43-37-25-23-32(3)30-35(37)41(4,5)39(43)21-15-11-10-12-16-22-40-42(6,7)36-31-34(52(48,49)50)24-26-38(36)44(40)28-17-13-14-19-33(45)20-18-29-51(46,47)9-2/h9-12,15-16,21-26,30-31H,2,8,13-14,17-20,27-29H2,1,3-7H3/p+1. The molecular weight excluding hydrogens is 693 g/mol. The first-order chi connectivity index (χ1) is 24.4. The number of nitrogens with zero attached hydrogens (tertiary/aromatic N) is 2. The number of carbonyl (C=O) groups excluding carboxylic acids is 1. The number of hydrogen-bond donors (Lipinski definition) is 1. The average molecular weight is 748 g/mol. The quantitative estimate of drug-likeness (QED) is 0.0702. The lowest BCUT2D eigenvalue weighted by Crippen LogP contribution is -2.27. The lowest BCUT2D eigenvalue weighted by Gasteiger charge is -2.27. The molecule has 0 aliphatic carbocycles. The number of rotatable bonds is 18. The zero-order valence-corrected chi connectivity index (χ0v) is 33.2. The molecular formula is C42H55N2O6S2+. The van der Waals surface area contributed by atoms with Gasteiger partial charge >= 0.3 is 0 Å². The Morgan fingerprint density at radius 3 is 2.25 bits per heavy atom. The first-order valence-electron chi connectivity index (χ1n) is 18.2. The van der Waals surface area contributed by atoms with Crippen LogP contribution in [-0.2, 0) is 35.6 Å². The fraction of sp³-hybridized carbons (Fsp3) is 0.429. The van der Waals surface area contributed by atoms with Gasteiger partial charge in [0, 0.05) is 65.7 Å². The molecule has 2 aliphatic heterocycles. The summed E-state index contributed by atoms with van der Waals surface area (Å²) in [5.41, 5.74) is 7.24. The van der Waals surface area contributed by atoms with E-state index in [-0.39, 0.29) is 28.3 Å². The van der Waals surface area contributed by atoms with Crippen LogP contribution in [0.3, 0.4) is 0 Å². The highest BCUT2D eigenvalue weighted by Gasteiger charge is 2.44. The Morgan fingerprint density at radius 2 is 1.56 bits per heavy atom. The van der Waals surface area contributed by atoms with Gasteiger partial charge in [-0.15, -0.1) is 0 Å². The van der Waals surface area contributed by atoms with Gasteiger partial charge in [-0.1, -0.05) is 75.8 Å². The number of anilines is 1. The van der Waals surface area contributed by atoms with Crippen LogP contribution in [0.25, 0.3) is 0 Å². The molecule has 0 spiro atoms. The Bertz CT molecular complexity index is 2050. The Kier molecular flexibility index (Phi) is 13.3. The second kappa shape index (κ2) is 16.9. The van der Waals surface area contributed by atoms with Gasteiger partial charge in [-0.25, -0.2) is 8.42 Å². The van der Waals surface area contributed by atoms with Gasteiger partial charge in [0.2, 0.25) is 5.69 Å². The number of sulfone groups is 1. The number of Topliss-reactive ketones (excluding diaryl/α,β-unsaturated/α-hetero) is 1.